The van der Waals surface area contributed by atoms with Crippen molar-refractivity contribution in [3.8, 4) is 0 Å². The zero-order chi connectivity index (χ0) is 9.47. The van der Waals surface area contributed by atoms with Crippen LogP contribution in [0.2, 0.25) is 0 Å². The fraction of sp³-hybridized carbons (Fsp3) is 1.00. The molecule has 2 heteroatoms. The van der Waals surface area contributed by atoms with Crippen molar-refractivity contribution in [1.29, 1.82) is 0 Å². The predicted octanol–water partition coefficient (Wildman–Crippen LogP) is 1.49. The summed E-state index contributed by atoms with van der Waals surface area (Å²) >= 11 is 0. The Morgan fingerprint density at radius 1 is 1.31 bits per heavy atom. The molecule has 1 aliphatic heterocycles. The van der Waals surface area contributed by atoms with E-state index in [2.05, 4.69) is 18.7 Å². The summed E-state index contributed by atoms with van der Waals surface area (Å²) in [7, 11) is 0. The van der Waals surface area contributed by atoms with Crippen molar-refractivity contribution in [1.82, 2.24) is 4.90 Å². The molecule has 0 radical (unpaired) electrons. The summed E-state index contributed by atoms with van der Waals surface area (Å²) < 4.78 is 0. The summed E-state index contributed by atoms with van der Waals surface area (Å²) in [6, 6.07) is 0. The molecule has 0 spiro atoms. The van der Waals surface area contributed by atoms with Crippen LogP contribution in [0.3, 0.4) is 0 Å². The summed E-state index contributed by atoms with van der Waals surface area (Å²) in [4.78, 5) is 2.53. The maximum absolute atomic E-state index is 9.39. The average molecular weight is 183 g/mol. The Morgan fingerprint density at radius 2 is 2.00 bits per heavy atom. The highest BCUT2D eigenvalue weighted by molar-refractivity contribution is 4.89. The zero-order valence-electron chi connectivity index (χ0n) is 8.79. The number of rotatable bonds is 2. The highest BCUT2D eigenvalue weighted by atomic mass is 16.3. The lowest BCUT2D eigenvalue weighted by molar-refractivity contribution is 0.0174. The first-order valence-corrected chi connectivity index (χ1v) is 5.46. The van der Waals surface area contributed by atoms with Gasteiger partial charge < -0.3 is 10.0 Å². The van der Waals surface area contributed by atoms with E-state index in [1.165, 1.54) is 26.1 Å². The van der Waals surface area contributed by atoms with Crippen LogP contribution in [0, 0.1) is 11.3 Å². The third kappa shape index (κ3) is 2.23. The van der Waals surface area contributed by atoms with Crippen LogP contribution in [0.25, 0.3) is 0 Å². The van der Waals surface area contributed by atoms with Crippen molar-refractivity contribution < 1.29 is 5.11 Å². The minimum absolute atomic E-state index is 0.000660. The molecule has 2 aliphatic rings. The fourth-order valence-electron chi connectivity index (χ4n) is 2.87. The topological polar surface area (TPSA) is 23.5 Å². The lowest BCUT2D eigenvalue weighted by atomic mass is 9.83. The second-order valence-corrected chi connectivity index (χ2v) is 5.67. The van der Waals surface area contributed by atoms with E-state index in [4.69, 9.17) is 0 Å². The van der Waals surface area contributed by atoms with E-state index in [-0.39, 0.29) is 6.10 Å². The molecule has 2 rings (SSSR count). The van der Waals surface area contributed by atoms with E-state index in [1.54, 1.807) is 0 Å². The van der Waals surface area contributed by atoms with Crippen LogP contribution in [-0.4, -0.2) is 35.7 Å². The Bertz CT molecular complexity index is 183. The largest absolute Gasteiger partial charge is 0.393 e. The van der Waals surface area contributed by atoms with E-state index in [0.717, 1.165) is 18.8 Å². The summed E-state index contributed by atoms with van der Waals surface area (Å²) in [6.45, 7) is 8.37. The summed E-state index contributed by atoms with van der Waals surface area (Å²) in [5.74, 6) is 0.770. The molecular formula is C11H21NO. The van der Waals surface area contributed by atoms with E-state index >= 15 is 0 Å². The van der Waals surface area contributed by atoms with E-state index in [0.29, 0.717) is 5.41 Å². The molecule has 2 nitrogen and oxygen atoms in total. The molecule has 1 saturated carbocycles. The van der Waals surface area contributed by atoms with Crippen molar-refractivity contribution in [3.63, 3.8) is 0 Å². The van der Waals surface area contributed by atoms with Gasteiger partial charge in [0.2, 0.25) is 0 Å². The number of hydrogen-bond acceptors (Lipinski definition) is 2. The van der Waals surface area contributed by atoms with Gasteiger partial charge in [-0.3, -0.25) is 0 Å². The molecule has 1 N–H and O–H groups in total. The summed E-state index contributed by atoms with van der Waals surface area (Å²) in [5.41, 5.74) is 0.553. The number of aliphatic hydroxyl groups excluding tert-OH is 1. The van der Waals surface area contributed by atoms with Gasteiger partial charge in [-0.1, -0.05) is 13.8 Å². The molecule has 2 unspecified atom stereocenters. The third-order valence-corrected chi connectivity index (χ3v) is 3.33. The van der Waals surface area contributed by atoms with Crippen LogP contribution in [0.15, 0.2) is 0 Å². The minimum atomic E-state index is -0.000660. The van der Waals surface area contributed by atoms with Crippen molar-refractivity contribution in [2.45, 2.75) is 39.2 Å². The number of hydrogen-bond donors (Lipinski definition) is 1. The number of nitrogens with zero attached hydrogens (tertiary/aromatic N) is 1. The maximum Gasteiger partial charge on any atom is 0.0543 e. The van der Waals surface area contributed by atoms with Gasteiger partial charge in [0, 0.05) is 19.6 Å². The molecule has 0 bridgehead atoms. The molecule has 76 valence electrons. The lowest BCUT2D eigenvalue weighted by Gasteiger charge is -2.47. The van der Waals surface area contributed by atoms with E-state index in [1.807, 2.05) is 0 Å². The molecule has 0 amide bonds. The Kier molecular flexibility index (Phi) is 2.37. The molecule has 0 aromatic heterocycles. The van der Waals surface area contributed by atoms with Crippen LogP contribution in [0.4, 0.5) is 0 Å². The van der Waals surface area contributed by atoms with Crippen molar-refractivity contribution in [2.24, 2.45) is 11.3 Å². The molecule has 2 atom stereocenters. The quantitative estimate of drug-likeness (QED) is 0.701. The maximum atomic E-state index is 9.39. The second kappa shape index (κ2) is 3.25. The van der Waals surface area contributed by atoms with Crippen LogP contribution < -0.4 is 0 Å². The van der Waals surface area contributed by atoms with Gasteiger partial charge >= 0.3 is 0 Å². The van der Waals surface area contributed by atoms with Crippen molar-refractivity contribution >= 4 is 0 Å². The van der Waals surface area contributed by atoms with Gasteiger partial charge in [0.05, 0.1) is 6.10 Å². The van der Waals surface area contributed by atoms with Crippen molar-refractivity contribution in [2.75, 3.05) is 19.6 Å². The second-order valence-electron chi connectivity index (χ2n) is 5.67. The Morgan fingerprint density at radius 3 is 2.46 bits per heavy atom. The predicted molar refractivity (Wildman–Crippen MR) is 53.6 cm³/mol. The van der Waals surface area contributed by atoms with Gasteiger partial charge in [-0.15, -0.1) is 0 Å². The summed E-state index contributed by atoms with van der Waals surface area (Å²) in [6.07, 6.45) is 3.30. The standard InChI is InChI=1S/C11H21NO/c1-11(2)7-12(8-11)6-9-3-4-10(13)5-9/h9-10,13H,3-8H2,1-2H3. The first-order valence-electron chi connectivity index (χ1n) is 5.46. The molecule has 0 aromatic rings. The fourth-order valence-corrected chi connectivity index (χ4v) is 2.87. The SMILES string of the molecule is CC1(C)CN(CC2CCC(O)C2)C1. The van der Waals surface area contributed by atoms with Gasteiger partial charge in [-0.05, 0) is 30.6 Å². The normalized spacial score (nSPS) is 39.0. The van der Waals surface area contributed by atoms with E-state index < -0.39 is 0 Å². The number of likely N-dealkylation sites (tertiary alicyclic amines) is 1. The molecule has 2 fully saturated rings. The number of aliphatic hydroxyl groups is 1. The Labute approximate surface area is 80.9 Å². The average Bonchev–Trinajstić information content (AvgIpc) is 2.31. The van der Waals surface area contributed by atoms with Gasteiger partial charge in [0.25, 0.3) is 0 Å². The molecule has 1 saturated heterocycles. The van der Waals surface area contributed by atoms with Gasteiger partial charge in [-0.2, -0.15) is 0 Å². The third-order valence-electron chi connectivity index (χ3n) is 3.33. The van der Waals surface area contributed by atoms with Gasteiger partial charge in [0.1, 0.15) is 0 Å². The highest BCUT2D eigenvalue weighted by Gasteiger charge is 2.36. The molecule has 13 heavy (non-hydrogen) atoms. The Hall–Kier alpha value is -0.0800. The summed E-state index contributed by atoms with van der Waals surface area (Å²) in [5, 5.41) is 9.39. The monoisotopic (exact) mass is 183 g/mol. The minimum Gasteiger partial charge on any atom is -0.393 e. The van der Waals surface area contributed by atoms with Crippen molar-refractivity contribution in [3.05, 3.63) is 0 Å². The molecule has 0 aromatic carbocycles. The van der Waals surface area contributed by atoms with Crippen LogP contribution in [0.5, 0.6) is 0 Å². The van der Waals surface area contributed by atoms with Gasteiger partial charge in [-0.25, -0.2) is 0 Å². The smallest absolute Gasteiger partial charge is 0.0543 e. The Balaban J connectivity index is 1.69. The van der Waals surface area contributed by atoms with Crippen LogP contribution in [0.1, 0.15) is 33.1 Å². The first-order chi connectivity index (χ1) is 6.05. The first kappa shape index (κ1) is 9.47. The van der Waals surface area contributed by atoms with Crippen LogP contribution in [-0.2, 0) is 0 Å². The molecule has 1 aliphatic carbocycles. The van der Waals surface area contributed by atoms with E-state index in [9.17, 15) is 5.11 Å². The van der Waals surface area contributed by atoms with Gasteiger partial charge in [0.15, 0.2) is 0 Å². The lowest BCUT2D eigenvalue weighted by Crippen LogP contribution is -2.54. The highest BCUT2D eigenvalue weighted by Crippen LogP contribution is 2.33. The van der Waals surface area contributed by atoms with Crippen LogP contribution >= 0.6 is 0 Å². The molecular weight excluding hydrogens is 162 g/mol. The molecule has 1 heterocycles. The zero-order valence-corrected chi connectivity index (χ0v) is 8.79.